The molecule has 0 aliphatic carbocycles. The van der Waals surface area contributed by atoms with Gasteiger partial charge in [-0.25, -0.2) is 4.79 Å². The average Bonchev–Trinajstić information content (AvgIpc) is 2.70. The molecule has 0 N–H and O–H groups in total. The second-order valence-corrected chi connectivity index (χ2v) is 14.2. The van der Waals surface area contributed by atoms with E-state index >= 15 is 0 Å². The van der Waals surface area contributed by atoms with Gasteiger partial charge in [0, 0.05) is 5.57 Å². The Hall–Kier alpha value is -2.25. The first-order valence-corrected chi connectivity index (χ1v) is 13.5. The molecule has 0 spiro atoms. The van der Waals surface area contributed by atoms with Crippen molar-refractivity contribution in [1.82, 2.24) is 0 Å². The van der Waals surface area contributed by atoms with Crippen LogP contribution in [0.25, 0.3) is 0 Å². The predicted molar refractivity (Wildman–Crippen MR) is 111 cm³/mol. The molecule has 0 unspecified atom stereocenters. The summed E-state index contributed by atoms with van der Waals surface area (Å²) in [6.07, 6.45) is 0. The van der Waals surface area contributed by atoms with Crippen molar-refractivity contribution in [2.75, 3.05) is 7.11 Å². The monoisotopic (exact) mass is 540 g/mol. The van der Waals surface area contributed by atoms with Crippen molar-refractivity contribution in [3.63, 3.8) is 0 Å². The number of carbonyl (C=O) groups excluding carboxylic acids is 1. The third-order valence-electron chi connectivity index (χ3n) is 3.58. The van der Waals surface area contributed by atoms with Gasteiger partial charge in [-0.3, -0.25) is 0 Å². The van der Waals surface area contributed by atoms with Crippen LogP contribution < -0.4 is 9.81 Å². The van der Waals surface area contributed by atoms with Gasteiger partial charge in [0.2, 0.25) is 0 Å². The summed E-state index contributed by atoms with van der Waals surface area (Å²) in [5, 5.41) is 0. The number of benzene rings is 3. The zero-order valence-electron chi connectivity index (χ0n) is 15.1. The van der Waals surface area contributed by atoms with Crippen LogP contribution in [0.15, 0.2) is 103 Å². The van der Waals surface area contributed by atoms with Gasteiger partial charge in [0.05, 0.1) is 7.11 Å². The molecule has 3 aromatic carbocycles. The topological polar surface area (TPSA) is 26.3 Å². The van der Waals surface area contributed by atoms with E-state index in [2.05, 4.69) is 102 Å². The number of carbonyl (C=O) groups is 1. The molecular weight excluding hydrogens is 517 g/mol. The van der Waals surface area contributed by atoms with Gasteiger partial charge in [0.15, 0.2) is 0 Å². The van der Waals surface area contributed by atoms with Crippen LogP contribution >= 0.6 is 0 Å². The van der Waals surface area contributed by atoms with Gasteiger partial charge in [-0.05, 0) is 6.92 Å². The Morgan fingerprint density at radius 3 is 1.23 bits per heavy atom. The number of methoxy groups -OCH3 is 1. The molecule has 132 valence electrons. The Balaban J connectivity index is 0.000000298. The molecule has 2 nitrogen and oxygen atoms in total. The first-order valence-electron chi connectivity index (χ1n) is 8.32. The van der Waals surface area contributed by atoms with Crippen LogP contribution in [0.5, 0.6) is 0 Å². The Kier molecular flexibility index (Phi) is 8.24. The van der Waals surface area contributed by atoms with Gasteiger partial charge < -0.3 is 4.74 Å². The molecular formula is C23H23BiO2. The molecule has 26 heavy (non-hydrogen) atoms. The fourth-order valence-electron chi connectivity index (χ4n) is 2.35. The van der Waals surface area contributed by atoms with Gasteiger partial charge in [-0.1, -0.05) is 6.58 Å². The summed E-state index contributed by atoms with van der Waals surface area (Å²) in [5.74, 6) is -0.347. The molecule has 3 heteroatoms. The predicted octanol–water partition coefficient (Wildman–Crippen LogP) is 2.94. The summed E-state index contributed by atoms with van der Waals surface area (Å²) in [5.41, 5.74) is 0.433. The first-order chi connectivity index (χ1) is 12.6. The van der Waals surface area contributed by atoms with Crippen molar-refractivity contribution >= 4 is 37.5 Å². The van der Waals surface area contributed by atoms with Crippen LogP contribution in [0.2, 0.25) is 0 Å². The second-order valence-electron chi connectivity index (χ2n) is 5.61. The molecule has 3 aromatic rings. The summed E-state index contributed by atoms with van der Waals surface area (Å²) >= 11 is -2.06. The average molecular weight is 540 g/mol. The SMILES string of the molecule is C=C(C)C(=O)OC.c1cc[c]([Bi]([c]2ccccc2)[c]2ccccc2)cc1. The Labute approximate surface area is 163 Å². The van der Waals surface area contributed by atoms with Gasteiger partial charge in [-0.15, -0.1) is 0 Å². The van der Waals surface area contributed by atoms with Gasteiger partial charge in [0.1, 0.15) is 0 Å². The maximum absolute atomic E-state index is 10.2. The Bertz CT molecular complexity index is 721. The fourth-order valence-corrected chi connectivity index (χ4v) is 11.3. The van der Waals surface area contributed by atoms with Crippen LogP contribution in [0.3, 0.4) is 0 Å². The summed E-state index contributed by atoms with van der Waals surface area (Å²) in [7, 11) is 1.33. The number of ether oxygens (including phenoxy) is 1. The van der Waals surface area contributed by atoms with Crippen molar-refractivity contribution in [2.24, 2.45) is 0 Å². The molecule has 0 saturated carbocycles. The summed E-state index contributed by atoms with van der Waals surface area (Å²) < 4.78 is 8.88. The molecule has 3 rings (SSSR count). The van der Waals surface area contributed by atoms with Crippen LogP contribution in [-0.4, -0.2) is 34.8 Å². The molecule has 0 amide bonds. The zero-order valence-corrected chi connectivity index (χ0v) is 18.6. The molecule has 0 saturated heterocycles. The van der Waals surface area contributed by atoms with E-state index in [1.165, 1.54) is 16.9 Å². The van der Waals surface area contributed by atoms with E-state index in [0.29, 0.717) is 5.57 Å². The maximum atomic E-state index is 10.2. The summed E-state index contributed by atoms with van der Waals surface area (Å²) in [6, 6.07) is 33.0. The van der Waals surface area contributed by atoms with E-state index in [-0.39, 0.29) is 5.97 Å². The minimum absolute atomic E-state index is 0.347. The van der Waals surface area contributed by atoms with Crippen LogP contribution in [0.1, 0.15) is 6.92 Å². The van der Waals surface area contributed by atoms with E-state index in [1.807, 2.05) is 0 Å². The van der Waals surface area contributed by atoms with Gasteiger partial charge >= 0.3 is 129 Å². The van der Waals surface area contributed by atoms with E-state index < -0.39 is 21.8 Å². The molecule has 0 aliphatic rings. The molecule has 0 aromatic heterocycles. The van der Waals surface area contributed by atoms with Crippen molar-refractivity contribution in [2.45, 2.75) is 6.92 Å². The number of hydrogen-bond acceptors (Lipinski definition) is 2. The Morgan fingerprint density at radius 1 is 0.731 bits per heavy atom. The summed E-state index contributed by atoms with van der Waals surface area (Å²) in [4.78, 5) is 10.2. The van der Waals surface area contributed by atoms with E-state index in [9.17, 15) is 4.79 Å². The number of esters is 1. The molecule has 0 heterocycles. The van der Waals surface area contributed by atoms with Crippen molar-refractivity contribution < 1.29 is 9.53 Å². The molecule has 0 atom stereocenters. The van der Waals surface area contributed by atoms with E-state index in [0.717, 1.165) is 0 Å². The normalized spacial score (nSPS) is 9.81. The molecule has 0 radical (unpaired) electrons. The zero-order chi connectivity index (χ0) is 18.8. The Morgan fingerprint density at radius 2 is 1.04 bits per heavy atom. The molecule has 0 bridgehead atoms. The first kappa shape index (κ1) is 20.1. The van der Waals surface area contributed by atoms with Crippen molar-refractivity contribution in [3.8, 4) is 0 Å². The second kappa shape index (κ2) is 10.7. The van der Waals surface area contributed by atoms with Crippen molar-refractivity contribution in [3.05, 3.63) is 103 Å². The van der Waals surface area contributed by atoms with Gasteiger partial charge in [0.25, 0.3) is 0 Å². The van der Waals surface area contributed by atoms with Crippen LogP contribution in [0.4, 0.5) is 0 Å². The number of rotatable bonds is 4. The third-order valence-corrected chi connectivity index (χ3v) is 13.1. The van der Waals surface area contributed by atoms with Crippen LogP contribution in [0, 0.1) is 0 Å². The van der Waals surface area contributed by atoms with Crippen LogP contribution in [-0.2, 0) is 9.53 Å². The molecule has 0 fully saturated rings. The van der Waals surface area contributed by atoms with E-state index in [4.69, 9.17) is 0 Å². The third kappa shape index (κ3) is 5.93. The van der Waals surface area contributed by atoms with E-state index in [1.54, 1.807) is 6.92 Å². The molecule has 0 aliphatic heterocycles. The van der Waals surface area contributed by atoms with Crippen molar-refractivity contribution in [1.29, 1.82) is 0 Å². The minimum atomic E-state index is -2.06. The quantitative estimate of drug-likeness (QED) is 0.289. The fraction of sp³-hybridized carbons (Fsp3) is 0.0870. The number of hydrogen-bond donors (Lipinski definition) is 0. The summed E-state index contributed by atoms with van der Waals surface area (Å²) in [6.45, 7) is 4.95. The standard InChI is InChI=1S/3C6H5.C5H8O2.Bi/c3*1-2-4-6-5-3-1;1-4(2)5(6)7-3;/h3*1-5H;1H2,2-3H3;. The van der Waals surface area contributed by atoms with Gasteiger partial charge in [-0.2, -0.15) is 0 Å².